The van der Waals surface area contributed by atoms with Crippen LogP contribution in [0.4, 0.5) is 5.95 Å². The average Bonchev–Trinajstić information content (AvgIpc) is 2.73. The molecule has 0 aliphatic heterocycles. The molecule has 144 valence electrons. The molecular formula is C22H23ClN4O. The first-order chi connectivity index (χ1) is 13.7. The number of nitrogens with zero attached hydrogens (tertiary/aromatic N) is 2. The second kappa shape index (κ2) is 10.4. The predicted octanol–water partition coefficient (Wildman–Crippen LogP) is 4.15. The van der Waals surface area contributed by atoms with Crippen molar-refractivity contribution in [3.8, 4) is 0 Å². The monoisotopic (exact) mass is 394 g/mol. The first-order valence-electron chi connectivity index (χ1n) is 9.34. The van der Waals surface area contributed by atoms with Crippen molar-refractivity contribution in [1.82, 2.24) is 15.3 Å². The van der Waals surface area contributed by atoms with Crippen LogP contribution in [0, 0.1) is 0 Å². The number of halogens is 1. The normalized spacial score (nSPS) is 10.5. The van der Waals surface area contributed by atoms with Crippen molar-refractivity contribution in [2.24, 2.45) is 0 Å². The van der Waals surface area contributed by atoms with Crippen LogP contribution in [0.25, 0.3) is 0 Å². The molecule has 0 bridgehead atoms. The molecule has 0 fully saturated rings. The summed E-state index contributed by atoms with van der Waals surface area (Å²) >= 11 is 5.89. The van der Waals surface area contributed by atoms with Gasteiger partial charge in [0.25, 0.3) is 5.91 Å². The van der Waals surface area contributed by atoms with Crippen molar-refractivity contribution in [2.45, 2.75) is 19.3 Å². The molecule has 0 atom stereocenters. The second-order valence-corrected chi connectivity index (χ2v) is 6.85. The molecule has 5 nitrogen and oxygen atoms in total. The standard InChI is InChI=1S/C22H23ClN4O/c23-19-10-8-18(9-11-19)12-15-25-22-26-16-13-20(27-22)21(28)24-14-4-7-17-5-2-1-3-6-17/h1-3,5-6,8-11,13,16H,4,7,12,14-15H2,(H,24,28)(H,25,26,27). The van der Waals surface area contributed by atoms with Crippen molar-refractivity contribution >= 4 is 23.5 Å². The summed E-state index contributed by atoms with van der Waals surface area (Å²) in [6.45, 7) is 1.28. The molecule has 0 spiro atoms. The summed E-state index contributed by atoms with van der Waals surface area (Å²) in [5, 5.41) is 6.80. The van der Waals surface area contributed by atoms with Gasteiger partial charge in [0.1, 0.15) is 5.69 Å². The Kier molecular flexibility index (Phi) is 7.38. The summed E-state index contributed by atoms with van der Waals surface area (Å²) in [5.41, 5.74) is 2.80. The highest BCUT2D eigenvalue weighted by atomic mass is 35.5. The van der Waals surface area contributed by atoms with E-state index >= 15 is 0 Å². The summed E-state index contributed by atoms with van der Waals surface area (Å²) in [6, 6.07) is 19.6. The highest BCUT2D eigenvalue weighted by Gasteiger charge is 2.08. The highest BCUT2D eigenvalue weighted by Crippen LogP contribution is 2.10. The third-order valence-corrected chi connectivity index (χ3v) is 4.52. The number of hydrogen-bond donors (Lipinski definition) is 2. The van der Waals surface area contributed by atoms with Gasteiger partial charge in [0.05, 0.1) is 0 Å². The van der Waals surface area contributed by atoms with Crippen molar-refractivity contribution in [2.75, 3.05) is 18.4 Å². The molecule has 1 amide bonds. The summed E-state index contributed by atoms with van der Waals surface area (Å²) in [7, 11) is 0. The molecule has 0 unspecified atom stereocenters. The molecule has 3 aromatic rings. The van der Waals surface area contributed by atoms with Crippen LogP contribution in [0.1, 0.15) is 28.0 Å². The van der Waals surface area contributed by atoms with E-state index in [0.717, 1.165) is 24.3 Å². The average molecular weight is 395 g/mol. The summed E-state index contributed by atoms with van der Waals surface area (Å²) in [6.07, 6.45) is 4.22. The molecular weight excluding hydrogens is 372 g/mol. The lowest BCUT2D eigenvalue weighted by molar-refractivity contribution is 0.0948. The lowest BCUT2D eigenvalue weighted by Gasteiger charge is -2.08. The third-order valence-electron chi connectivity index (χ3n) is 4.27. The number of nitrogens with one attached hydrogen (secondary N) is 2. The maximum absolute atomic E-state index is 12.3. The highest BCUT2D eigenvalue weighted by molar-refractivity contribution is 6.30. The Bertz CT molecular complexity index is 885. The number of anilines is 1. The molecule has 0 aliphatic carbocycles. The minimum atomic E-state index is -0.184. The van der Waals surface area contributed by atoms with Gasteiger partial charge >= 0.3 is 0 Å². The topological polar surface area (TPSA) is 66.9 Å². The van der Waals surface area contributed by atoms with Gasteiger partial charge in [0.15, 0.2) is 0 Å². The number of rotatable bonds is 9. The molecule has 0 radical (unpaired) electrons. The maximum Gasteiger partial charge on any atom is 0.270 e. The third kappa shape index (κ3) is 6.35. The van der Waals surface area contributed by atoms with E-state index in [4.69, 9.17) is 11.6 Å². The molecule has 28 heavy (non-hydrogen) atoms. The van der Waals surface area contributed by atoms with Gasteiger partial charge in [-0.1, -0.05) is 54.1 Å². The van der Waals surface area contributed by atoms with E-state index in [1.165, 1.54) is 11.1 Å². The van der Waals surface area contributed by atoms with Crippen LogP contribution in [0.5, 0.6) is 0 Å². The largest absolute Gasteiger partial charge is 0.354 e. The Balaban J connectivity index is 1.42. The Labute approximate surface area is 170 Å². The van der Waals surface area contributed by atoms with Crippen LogP contribution in [0.2, 0.25) is 5.02 Å². The van der Waals surface area contributed by atoms with Gasteiger partial charge in [0, 0.05) is 24.3 Å². The first-order valence-corrected chi connectivity index (χ1v) is 9.72. The van der Waals surface area contributed by atoms with E-state index in [1.54, 1.807) is 12.3 Å². The van der Waals surface area contributed by atoms with Crippen LogP contribution < -0.4 is 10.6 Å². The van der Waals surface area contributed by atoms with Gasteiger partial charge in [-0.15, -0.1) is 0 Å². The van der Waals surface area contributed by atoms with E-state index < -0.39 is 0 Å². The SMILES string of the molecule is O=C(NCCCc1ccccc1)c1ccnc(NCCc2ccc(Cl)cc2)n1. The Morgan fingerprint density at radius 3 is 2.43 bits per heavy atom. The number of aromatic nitrogens is 2. The van der Waals surface area contributed by atoms with Gasteiger partial charge in [0.2, 0.25) is 5.95 Å². The molecule has 0 aliphatic rings. The minimum absolute atomic E-state index is 0.184. The molecule has 3 rings (SSSR count). The van der Waals surface area contributed by atoms with Crippen LogP contribution in [0.15, 0.2) is 66.9 Å². The summed E-state index contributed by atoms with van der Waals surface area (Å²) in [4.78, 5) is 20.8. The number of benzene rings is 2. The van der Waals surface area contributed by atoms with Crippen molar-refractivity contribution in [3.63, 3.8) is 0 Å². The van der Waals surface area contributed by atoms with Crippen LogP contribution in [0.3, 0.4) is 0 Å². The second-order valence-electron chi connectivity index (χ2n) is 6.41. The number of carbonyl (C=O) groups is 1. The van der Waals surface area contributed by atoms with Crippen LogP contribution in [-0.2, 0) is 12.8 Å². The quantitative estimate of drug-likeness (QED) is 0.535. The zero-order valence-corrected chi connectivity index (χ0v) is 16.3. The molecule has 0 saturated heterocycles. The number of carbonyl (C=O) groups excluding carboxylic acids is 1. The van der Waals surface area contributed by atoms with Gasteiger partial charge in [-0.25, -0.2) is 9.97 Å². The van der Waals surface area contributed by atoms with Crippen LogP contribution >= 0.6 is 11.6 Å². The van der Waals surface area contributed by atoms with E-state index in [1.807, 2.05) is 42.5 Å². The fraction of sp³-hybridized carbons (Fsp3) is 0.227. The Morgan fingerprint density at radius 1 is 0.893 bits per heavy atom. The minimum Gasteiger partial charge on any atom is -0.354 e. The van der Waals surface area contributed by atoms with E-state index in [9.17, 15) is 4.79 Å². The molecule has 2 N–H and O–H groups in total. The lowest BCUT2D eigenvalue weighted by Crippen LogP contribution is -2.26. The maximum atomic E-state index is 12.3. The Morgan fingerprint density at radius 2 is 1.64 bits per heavy atom. The van der Waals surface area contributed by atoms with E-state index in [-0.39, 0.29) is 5.91 Å². The van der Waals surface area contributed by atoms with E-state index in [0.29, 0.717) is 24.7 Å². The smallest absolute Gasteiger partial charge is 0.270 e. The fourth-order valence-corrected chi connectivity index (χ4v) is 2.90. The summed E-state index contributed by atoms with van der Waals surface area (Å²) in [5.74, 6) is 0.266. The van der Waals surface area contributed by atoms with Gasteiger partial charge in [-0.05, 0) is 48.6 Å². The summed E-state index contributed by atoms with van der Waals surface area (Å²) < 4.78 is 0. The van der Waals surface area contributed by atoms with E-state index in [2.05, 4.69) is 32.7 Å². The molecule has 1 aromatic heterocycles. The fourth-order valence-electron chi connectivity index (χ4n) is 2.77. The number of amides is 1. The molecule has 0 saturated carbocycles. The molecule has 2 aromatic carbocycles. The Hall–Kier alpha value is -2.92. The van der Waals surface area contributed by atoms with Crippen molar-refractivity contribution < 1.29 is 4.79 Å². The zero-order valence-electron chi connectivity index (χ0n) is 15.6. The lowest BCUT2D eigenvalue weighted by atomic mass is 10.1. The number of hydrogen-bond acceptors (Lipinski definition) is 4. The van der Waals surface area contributed by atoms with Gasteiger partial charge in [-0.2, -0.15) is 0 Å². The van der Waals surface area contributed by atoms with Gasteiger partial charge in [-0.3, -0.25) is 4.79 Å². The van der Waals surface area contributed by atoms with Gasteiger partial charge < -0.3 is 10.6 Å². The van der Waals surface area contributed by atoms with Crippen molar-refractivity contribution in [3.05, 3.63) is 88.7 Å². The first kappa shape index (κ1) is 19.8. The van der Waals surface area contributed by atoms with Crippen LogP contribution in [-0.4, -0.2) is 29.0 Å². The molecule has 6 heteroatoms. The van der Waals surface area contributed by atoms with Crippen molar-refractivity contribution in [1.29, 1.82) is 0 Å². The molecule has 1 heterocycles. The number of aryl methyl sites for hydroxylation is 1. The predicted molar refractivity (Wildman–Crippen MR) is 113 cm³/mol. The zero-order chi connectivity index (χ0) is 19.6.